The fourth-order valence-electron chi connectivity index (χ4n) is 2.21. The molecule has 15 heavy (non-hydrogen) atoms. The lowest BCUT2D eigenvalue weighted by Gasteiger charge is -2.36. The van der Waals surface area contributed by atoms with Gasteiger partial charge in [-0.05, 0) is 23.3 Å². The molecule has 0 heterocycles. The quantitative estimate of drug-likeness (QED) is 0.602. The van der Waals surface area contributed by atoms with Crippen LogP contribution in [0.4, 0.5) is 0 Å². The summed E-state index contributed by atoms with van der Waals surface area (Å²) in [6.45, 7) is 9.07. The van der Waals surface area contributed by atoms with E-state index in [2.05, 4.69) is 74.0 Å². The van der Waals surface area contributed by atoms with E-state index in [1.54, 1.807) is 0 Å². The molecule has 1 aromatic rings. The average Bonchev–Trinajstić information content (AvgIpc) is 2.13. The standard InChI is InChI=1S/C14H17Br/c1-13(2)7-8-14(3,4)12-9-10(15)5-6-11(12)13/h5-9H,1-4H3. The first-order valence-corrected chi connectivity index (χ1v) is 6.13. The zero-order valence-electron chi connectivity index (χ0n) is 9.76. The fraction of sp³-hybridized carbons (Fsp3) is 0.429. The summed E-state index contributed by atoms with van der Waals surface area (Å²) in [5, 5.41) is 0. The van der Waals surface area contributed by atoms with Crippen molar-refractivity contribution in [3.05, 3.63) is 46.0 Å². The highest BCUT2D eigenvalue weighted by molar-refractivity contribution is 9.10. The van der Waals surface area contributed by atoms with Crippen LogP contribution in [-0.2, 0) is 10.8 Å². The van der Waals surface area contributed by atoms with E-state index in [-0.39, 0.29) is 10.8 Å². The maximum atomic E-state index is 3.56. The van der Waals surface area contributed by atoms with E-state index in [9.17, 15) is 0 Å². The van der Waals surface area contributed by atoms with Gasteiger partial charge in [0.15, 0.2) is 0 Å². The van der Waals surface area contributed by atoms with Gasteiger partial charge in [-0.2, -0.15) is 0 Å². The van der Waals surface area contributed by atoms with Crippen molar-refractivity contribution in [3.63, 3.8) is 0 Å². The zero-order valence-corrected chi connectivity index (χ0v) is 11.4. The van der Waals surface area contributed by atoms with Crippen LogP contribution in [0.2, 0.25) is 0 Å². The number of fused-ring (bicyclic) bond motifs is 1. The van der Waals surface area contributed by atoms with Crippen LogP contribution in [0.1, 0.15) is 38.8 Å². The van der Waals surface area contributed by atoms with Crippen molar-refractivity contribution in [2.24, 2.45) is 0 Å². The SMILES string of the molecule is CC1(C)C=CC(C)(C)c2cc(Br)ccc21. The highest BCUT2D eigenvalue weighted by Gasteiger charge is 2.32. The first kappa shape index (κ1) is 10.9. The smallest absolute Gasteiger partial charge is 0.0178 e. The molecule has 80 valence electrons. The molecule has 0 fully saturated rings. The predicted octanol–water partition coefficient (Wildman–Crippen LogP) is 4.57. The Morgan fingerprint density at radius 3 is 2.00 bits per heavy atom. The average molecular weight is 265 g/mol. The summed E-state index contributed by atoms with van der Waals surface area (Å²) < 4.78 is 1.17. The van der Waals surface area contributed by atoms with Gasteiger partial charge in [0.05, 0.1) is 0 Å². The van der Waals surface area contributed by atoms with Gasteiger partial charge in [0, 0.05) is 15.3 Å². The monoisotopic (exact) mass is 264 g/mol. The number of halogens is 1. The highest BCUT2D eigenvalue weighted by atomic mass is 79.9. The van der Waals surface area contributed by atoms with Crippen LogP contribution in [-0.4, -0.2) is 0 Å². The number of hydrogen-bond acceptors (Lipinski definition) is 0. The second-order valence-corrected chi connectivity index (χ2v) is 6.38. The first-order chi connectivity index (χ1) is 6.83. The number of benzene rings is 1. The number of rotatable bonds is 0. The highest BCUT2D eigenvalue weighted by Crippen LogP contribution is 2.41. The molecule has 2 rings (SSSR count). The van der Waals surface area contributed by atoms with Crippen LogP contribution in [0.25, 0.3) is 0 Å². The lowest BCUT2D eigenvalue weighted by atomic mass is 9.68. The Balaban J connectivity index is 2.70. The summed E-state index contributed by atoms with van der Waals surface area (Å²) in [6, 6.07) is 6.63. The van der Waals surface area contributed by atoms with Gasteiger partial charge in [-0.3, -0.25) is 0 Å². The van der Waals surface area contributed by atoms with E-state index in [0.29, 0.717) is 0 Å². The molecule has 0 saturated heterocycles. The molecule has 0 atom stereocenters. The van der Waals surface area contributed by atoms with E-state index in [0.717, 1.165) is 0 Å². The Hall–Kier alpha value is -0.560. The second-order valence-electron chi connectivity index (χ2n) is 5.47. The molecule has 0 nitrogen and oxygen atoms in total. The summed E-state index contributed by atoms with van der Waals surface area (Å²) >= 11 is 3.56. The van der Waals surface area contributed by atoms with Crippen molar-refractivity contribution in [1.82, 2.24) is 0 Å². The van der Waals surface area contributed by atoms with E-state index >= 15 is 0 Å². The summed E-state index contributed by atoms with van der Waals surface area (Å²) in [5.74, 6) is 0. The molecule has 0 bridgehead atoms. The van der Waals surface area contributed by atoms with Crippen LogP contribution in [0.3, 0.4) is 0 Å². The minimum absolute atomic E-state index is 0.147. The molecule has 0 unspecified atom stereocenters. The molecule has 1 heteroatoms. The van der Waals surface area contributed by atoms with Crippen LogP contribution < -0.4 is 0 Å². The van der Waals surface area contributed by atoms with Gasteiger partial charge in [0.1, 0.15) is 0 Å². The van der Waals surface area contributed by atoms with Crippen molar-refractivity contribution >= 4 is 15.9 Å². The molecule has 0 aliphatic heterocycles. The normalized spacial score (nSPS) is 21.1. The van der Waals surface area contributed by atoms with Gasteiger partial charge in [-0.1, -0.05) is 61.8 Å². The van der Waals surface area contributed by atoms with Gasteiger partial charge >= 0.3 is 0 Å². The van der Waals surface area contributed by atoms with E-state index in [4.69, 9.17) is 0 Å². The Bertz CT molecular complexity index is 425. The lowest BCUT2D eigenvalue weighted by Crippen LogP contribution is -2.28. The van der Waals surface area contributed by atoms with Crippen molar-refractivity contribution in [3.8, 4) is 0 Å². The van der Waals surface area contributed by atoms with Crippen molar-refractivity contribution in [1.29, 1.82) is 0 Å². The molecule has 0 amide bonds. The molecule has 1 aliphatic carbocycles. The fourth-order valence-corrected chi connectivity index (χ4v) is 2.57. The van der Waals surface area contributed by atoms with Crippen LogP contribution >= 0.6 is 15.9 Å². The van der Waals surface area contributed by atoms with E-state index < -0.39 is 0 Å². The molecule has 0 spiro atoms. The minimum atomic E-state index is 0.147. The van der Waals surface area contributed by atoms with E-state index in [1.165, 1.54) is 15.6 Å². The number of hydrogen-bond donors (Lipinski definition) is 0. The predicted molar refractivity (Wildman–Crippen MR) is 69.3 cm³/mol. The summed E-state index contributed by atoms with van der Waals surface area (Å²) in [7, 11) is 0. The molecule has 0 saturated carbocycles. The van der Waals surface area contributed by atoms with E-state index in [1.807, 2.05) is 0 Å². The summed E-state index contributed by atoms with van der Waals surface area (Å²) in [4.78, 5) is 0. The molecule has 0 N–H and O–H groups in total. The lowest BCUT2D eigenvalue weighted by molar-refractivity contribution is 0.563. The van der Waals surface area contributed by atoms with Crippen molar-refractivity contribution < 1.29 is 0 Å². The molecular formula is C14H17Br. The molecule has 1 aliphatic rings. The third-order valence-corrected chi connectivity index (χ3v) is 3.78. The maximum Gasteiger partial charge on any atom is 0.0178 e. The second kappa shape index (κ2) is 3.21. The van der Waals surface area contributed by atoms with Crippen LogP contribution in [0, 0.1) is 0 Å². The maximum absolute atomic E-state index is 3.56. The minimum Gasteiger partial charge on any atom is -0.0776 e. The Kier molecular flexibility index (Phi) is 2.34. The first-order valence-electron chi connectivity index (χ1n) is 5.34. The molecular weight excluding hydrogens is 248 g/mol. The Morgan fingerprint density at radius 2 is 1.40 bits per heavy atom. The van der Waals surface area contributed by atoms with Gasteiger partial charge in [0.2, 0.25) is 0 Å². The molecule has 0 aromatic heterocycles. The Morgan fingerprint density at radius 1 is 0.867 bits per heavy atom. The van der Waals surface area contributed by atoms with Crippen LogP contribution in [0.15, 0.2) is 34.8 Å². The van der Waals surface area contributed by atoms with Crippen molar-refractivity contribution in [2.75, 3.05) is 0 Å². The third-order valence-electron chi connectivity index (χ3n) is 3.29. The van der Waals surface area contributed by atoms with Gasteiger partial charge in [-0.25, -0.2) is 0 Å². The van der Waals surface area contributed by atoms with Gasteiger partial charge < -0.3 is 0 Å². The zero-order chi connectivity index (χ0) is 11.3. The third kappa shape index (κ3) is 1.78. The topological polar surface area (TPSA) is 0 Å². The summed E-state index contributed by atoms with van der Waals surface area (Å²) in [5.41, 5.74) is 3.18. The molecule has 1 aromatic carbocycles. The largest absolute Gasteiger partial charge is 0.0776 e. The summed E-state index contributed by atoms with van der Waals surface area (Å²) in [6.07, 6.45) is 4.64. The van der Waals surface area contributed by atoms with Crippen molar-refractivity contribution in [2.45, 2.75) is 38.5 Å². The van der Waals surface area contributed by atoms with Gasteiger partial charge in [-0.15, -0.1) is 0 Å². The molecule has 0 radical (unpaired) electrons. The van der Waals surface area contributed by atoms with Crippen LogP contribution in [0.5, 0.6) is 0 Å². The van der Waals surface area contributed by atoms with Gasteiger partial charge in [0.25, 0.3) is 0 Å². The Labute approximate surface area is 101 Å². The number of allylic oxidation sites excluding steroid dienone is 2.